The second kappa shape index (κ2) is 4.76. The second-order valence-corrected chi connectivity index (χ2v) is 6.07. The minimum Gasteiger partial charge on any atom is -0.412 e. The molecule has 22 heavy (non-hydrogen) atoms. The van der Waals surface area contributed by atoms with Crippen LogP contribution in [0.2, 0.25) is 0 Å². The SMILES string of the molecule is CCc1cc(ON)ccc1C1C(=O)C2C3C=CC(O3)C2C1=O. The molecule has 0 radical (unpaired) electrons. The van der Waals surface area contributed by atoms with Crippen molar-refractivity contribution < 1.29 is 19.2 Å². The normalized spacial score (nSPS) is 35.3. The quantitative estimate of drug-likeness (QED) is 0.517. The lowest BCUT2D eigenvalue weighted by molar-refractivity contribution is -0.127. The Labute approximate surface area is 128 Å². The molecule has 1 saturated carbocycles. The standard InChI is InChI=1S/C17H17NO4/c1-2-8-7-9(22-18)3-4-10(8)13-16(19)14-11-5-6-12(21-11)15(14)17(13)20/h3-7,11-15H,2,18H2,1H3. The third kappa shape index (κ3) is 1.66. The van der Waals surface area contributed by atoms with Crippen LogP contribution < -0.4 is 10.7 Å². The minimum absolute atomic E-state index is 0.0111. The highest BCUT2D eigenvalue weighted by molar-refractivity contribution is 6.17. The number of aryl methyl sites for hydroxylation is 1. The molecule has 2 heterocycles. The summed E-state index contributed by atoms with van der Waals surface area (Å²) >= 11 is 0. The molecular weight excluding hydrogens is 282 g/mol. The zero-order valence-corrected chi connectivity index (χ0v) is 12.2. The molecule has 2 N–H and O–H groups in total. The molecular formula is C17H17NO4. The summed E-state index contributed by atoms with van der Waals surface area (Å²) in [7, 11) is 0. The van der Waals surface area contributed by atoms with Crippen molar-refractivity contribution >= 4 is 11.6 Å². The van der Waals surface area contributed by atoms with Gasteiger partial charge < -0.3 is 9.57 Å². The first kappa shape index (κ1) is 13.7. The minimum atomic E-state index is -0.675. The summed E-state index contributed by atoms with van der Waals surface area (Å²) in [4.78, 5) is 30.4. The molecule has 5 heteroatoms. The molecule has 1 saturated heterocycles. The number of ketones is 2. The zero-order valence-electron chi connectivity index (χ0n) is 12.2. The van der Waals surface area contributed by atoms with Gasteiger partial charge in [0.15, 0.2) is 11.6 Å². The number of carbonyl (C=O) groups excluding carboxylic acids is 2. The van der Waals surface area contributed by atoms with E-state index in [9.17, 15) is 9.59 Å². The van der Waals surface area contributed by atoms with E-state index >= 15 is 0 Å². The Bertz CT molecular complexity index is 666. The molecule has 4 atom stereocenters. The Balaban J connectivity index is 1.75. The highest BCUT2D eigenvalue weighted by Gasteiger charge is 2.61. The fourth-order valence-corrected chi connectivity index (χ4v) is 4.06. The van der Waals surface area contributed by atoms with Gasteiger partial charge in [-0.05, 0) is 29.7 Å². The monoisotopic (exact) mass is 299 g/mol. The van der Waals surface area contributed by atoms with Crippen LogP contribution in [-0.4, -0.2) is 23.8 Å². The summed E-state index contributed by atoms with van der Waals surface area (Å²) in [6.45, 7) is 1.98. The van der Waals surface area contributed by atoms with Gasteiger partial charge in [-0.25, -0.2) is 0 Å². The maximum atomic E-state index is 12.8. The summed E-state index contributed by atoms with van der Waals surface area (Å²) in [6.07, 6.45) is 4.07. The van der Waals surface area contributed by atoms with E-state index in [-0.39, 0.29) is 35.6 Å². The van der Waals surface area contributed by atoms with Crippen molar-refractivity contribution in [3.63, 3.8) is 0 Å². The van der Waals surface area contributed by atoms with Gasteiger partial charge in [-0.1, -0.05) is 25.1 Å². The van der Waals surface area contributed by atoms with Crippen molar-refractivity contribution in [3.8, 4) is 5.75 Å². The number of benzene rings is 1. The van der Waals surface area contributed by atoms with Crippen molar-refractivity contribution in [1.82, 2.24) is 0 Å². The van der Waals surface area contributed by atoms with Crippen molar-refractivity contribution in [1.29, 1.82) is 0 Å². The molecule has 5 nitrogen and oxygen atoms in total. The summed E-state index contributed by atoms with van der Waals surface area (Å²) in [6, 6.07) is 5.29. The molecule has 3 aliphatic rings. The van der Waals surface area contributed by atoms with E-state index in [4.69, 9.17) is 15.5 Å². The first-order valence-electron chi connectivity index (χ1n) is 7.56. The van der Waals surface area contributed by atoms with Gasteiger partial charge in [-0.3, -0.25) is 9.59 Å². The van der Waals surface area contributed by atoms with Gasteiger partial charge in [0, 0.05) is 0 Å². The van der Waals surface area contributed by atoms with Crippen LogP contribution in [0.25, 0.3) is 0 Å². The molecule has 2 bridgehead atoms. The van der Waals surface area contributed by atoms with Gasteiger partial charge >= 0.3 is 0 Å². The zero-order chi connectivity index (χ0) is 15.4. The lowest BCUT2D eigenvalue weighted by Crippen LogP contribution is -2.26. The molecule has 4 rings (SSSR count). The molecule has 1 aromatic rings. The van der Waals surface area contributed by atoms with Crippen LogP contribution in [0.1, 0.15) is 24.0 Å². The van der Waals surface area contributed by atoms with Gasteiger partial charge in [0.2, 0.25) is 0 Å². The van der Waals surface area contributed by atoms with Crippen LogP contribution in [-0.2, 0) is 20.7 Å². The van der Waals surface area contributed by atoms with Gasteiger partial charge in [0.05, 0.1) is 24.0 Å². The number of hydrogen-bond donors (Lipinski definition) is 1. The number of hydrogen-bond acceptors (Lipinski definition) is 5. The van der Waals surface area contributed by atoms with E-state index < -0.39 is 5.92 Å². The third-order valence-electron chi connectivity index (χ3n) is 5.07. The largest absolute Gasteiger partial charge is 0.412 e. The second-order valence-electron chi connectivity index (χ2n) is 6.07. The predicted octanol–water partition coefficient (Wildman–Crippen LogP) is 1.31. The molecule has 2 fully saturated rings. The van der Waals surface area contributed by atoms with Gasteiger partial charge in [-0.2, -0.15) is 5.90 Å². The van der Waals surface area contributed by atoms with Crippen molar-refractivity contribution in [2.24, 2.45) is 17.7 Å². The van der Waals surface area contributed by atoms with E-state index in [0.717, 1.165) is 11.1 Å². The van der Waals surface area contributed by atoms with Crippen molar-refractivity contribution in [3.05, 3.63) is 41.5 Å². The summed E-state index contributed by atoms with van der Waals surface area (Å²) in [5, 5.41) is 0. The highest BCUT2D eigenvalue weighted by Crippen LogP contribution is 2.50. The fraction of sp³-hybridized carbons (Fsp3) is 0.412. The molecule has 2 aliphatic heterocycles. The summed E-state index contributed by atoms with van der Waals surface area (Å²) in [5.41, 5.74) is 1.71. The molecule has 0 amide bonds. The average Bonchev–Trinajstić information content (AvgIpc) is 3.21. The van der Waals surface area contributed by atoms with E-state index in [1.54, 1.807) is 18.2 Å². The Kier molecular flexibility index (Phi) is 2.96. The Morgan fingerprint density at radius 2 is 1.77 bits per heavy atom. The fourth-order valence-electron chi connectivity index (χ4n) is 4.06. The maximum absolute atomic E-state index is 12.8. The molecule has 0 aromatic heterocycles. The molecule has 1 aliphatic carbocycles. The maximum Gasteiger partial charge on any atom is 0.154 e. The molecule has 1 aromatic carbocycles. The van der Waals surface area contributed by atoms with E-state index in [1.165, 1.54) is 0 Å². The number of Topliss-reactive ketones (excluding diaryl/α,β-unsaturated/α-hetero) is 2. The van der Waals surface area contributed by atoms with Crippen LogP contribution in [0.5, 0.6) is 5.75 Å². The third-order valence-corrected chi connectivity index (χ3v) is 5.07. The van der Waals surface area contributed by atoms with E-state index in [2.05, 4.69) is 0 Å². The lowest BCUT2D eigenvalue weighted by Gasteiger charge is -2.16. The molecule has 114 valence electrons. The predicted molar refractivity (Wildman–Crippen MR) is 78.2 cm³/mol. The van der Waals surface area contributed by atoms with Crippen LogP contribution in [0.3, 0.4) is 0 Å². The number of ether oxygens (including phenoxy) is 1. The van der Waals surface area contributed by atoms with Crippen molar-refractivity contribution in [2.75, 3.05) is 0 Å². The van der Waals surface area contributed by atoms with Crippen LogP contribution in [0.15, 0.2) is 30.4 Å². The Morgan fingerprint density at radius 3 is 2.32 bits per heavy atom. The smallest absolute Gasteiger partial charge is 0.154 e. The number of carbonyl (C=O) groups is 2. The first-order valence-corrected chi connectivity index (χ1v) is 7.56. The summed E-state index contributed by atoms with van der Waals surface area (Å²) < 4.78 is 5.67. The molecule has 4 unspecified atom stereocenters. The number of nitrogens with two attached hydrogens (primary N) is 1. The van der Waals surface area contributed by atoms with E-state index in [1.807, 2.05) is 19.1 Å². The average molecular weight is 299 g/mol. The van der Waals surface area contributed by atoms with Gasteiger partial charge in [-0.15, -0.1) is 0 Å². The lowest BCUT2D eigenvalue weighted by atomic mass is 9.85. The topological polar surface area (TPSA) is 78.6 Å². The Hall–Kier alpha value is -1.98. The number of rotatable bonds is 3. The van der Waals surface area contributed by atoms with Gasteiger partial charge in [0.25, 0.3) is 0 Å². The van der Waals surface area contributed by atoms with Crippen LogP contribution in [0.4, 0.5) is 0 Å². The molecule has 0 spiro atoms. The first-order chi connectivity index (χ1) is 10.7. The highest BCUT2D eigenvalue weighted by atomic mass is 16.6. The van der Waals surface area contributed by atoms with Crippen molar-refractivity contribution in [2.45, 2.75) is 31.5 Å². The summed E-state index contributed by atoms with van der Waals surface area (Å²) in [5.74, 6) is 4.39. The number of fused-ring (bicyclic) bond motifs is 5. The van der Waals surface area contributed by atoms with Gasteiger partial charge in [0.1, 0.15) is 11.7 Å². The van der Waals surface area contributed by atoms with Crippen LogP contribution >= 0.6 is 0 Å². The Morgan fingerprint density at radius 1 is 1.14 bits per heavy atom. The van der Waals surface area contributed by atoms with Crippen LogP contribution in [0, 0.1) is 11.8 Å². The van der Waals surface area contributed by atoms with E-state index in [0.29, 0.717) is 12.2 Å².